The molecule has 0 saturated heterocycles. The Hall–Kier alpha value is -3.69. The van der Waals surface area contributed by atoms with Crippen LogP contribution in [0.3, 0.4) is 0 Å². The van der Waals surface area contributed by atoms with Crippen molar-refractivity contribution in [1.29, 1.82) is 0 Å². The molecule has 0 spiro atoms. The van der Waals surface area contributed by atoms with E-state index in [1.807, 2.05) is 20.8 Å². The number of hydrogen-bond donors (Lipinski definition) is 1. The Morgan fingerprint density at radius 2 is 1.82 bits per heavy atom. The SMILES string of the molecule is COc1cc(OCC(=O)N(Cc2ccc(F)cc2)[C@@H](C)C(=O)NC(C)(C)C)ccc1[N+](=O)[O-]. The minimum Gasteiger partial charge on any atom is -0.490 e. The first-order valence-corrected chi connectivity index (χ1v) is 10.2. The zero-order valence-corrected chi connectivity index (χ0v) is 19.3. The lowest BCUT2D eigenvalue weighted by atomic mass is 10.1. The Morgan fingerprint density at radius 3 is 2.36 bits per heavy atom. The van der Waals surface area contributed by atoms with Crippen LogP contribution >= 0.6 is 0 Å². The van der Waals surface area contributed by atoms with Crippen LogP contribution in [0.25, 0.3) is 0 Å². The summed E-state index contributed by atoms with van der Waals surface area (Å²) < 4.78 is 23.8. The summed E-state index contributed by atoms with van der Waals surface area (Å²) in [5.41, 5.74) is -0.0966. The third-order valence-electron chi connectivity index (χ3n) is 4.64. The third kappa shape index (κ3) is 7.44. The highest BCUT2D eigenvalue weighted by Crippen LogP contribution is 2.30. The summed E-state index contributed by atoms with van der Waals surface area (Å²) in [6, 6.07) is 8.66. The molecule has 0 radical (unpaired) electrons. The predicted octanol–water partition coefficient (Wildman–Crippen LogP) is 3.45. The van der Waals surface area contributed by atoms with Gasteiger partial charge in [0.05, 0.1) is 12.0 Å². The van der Waals surface area contributed by atoms with Crippen LogP contribution in [0, 0.1) is 15.9 Å². The molecule has 0 saturated carbocycles. The van der Waals surface area contributed by atoms with E-state index >= 15 is 0 Å². The maximum atomic E-state index is 13.3. The summed E-state index contributed by atoms with van der Waals surface area (Å²) in [4.78, 5) is 37.5. The first kappa shape index (κ1) is 25.6. The normalized spacial score (nSPS) is 11.9. The van der Waals surface area contributed by atoms with Crippen LogP contribution in [0.1, 0.15) is 33.3 Å². The first-order valence-electron chi connectivity index (χ1n) is 10.2. The van der Waals surface area contributed by atoms with Crippen molar-refractivity contribution < 1.29 is 28.4 Å². The standard InChI is InChI=1S/C23H28FN3O6/c1-15(22(29)25-23(2,3)4)26(13-16-6-8-17(24)9-7-16)21(28)14-33-18-10-11-19(27(30)31)20(12-18)32-5/h6-12,15H,13-14H2,1-5H3,(H,25,29)/t15-/m0/s1. The second-order valence-electron chi connectivity index (χ2n) is 8.44. The van der Waals surface area contributed by atoms with Gasteiger partial charge in [-0.25, -0.2) is 4.39 Å². The molecule has 9 nitrogen and oxygen atoms in total. The van der Waals surface area contributed by atoms with Crippen LogP contribution in [-0.2, 0) is 16.1 Å². The van der Waals surface area contributed by atoms with Gasteiger partial charge in [-0.2, -0.15) is 0 Å². The van der Waals surface area contributed by atoms with E-state index in [4.69, 9.17) is 9.47 Å². The number of nitro groups is 1. The molecular weight excluding hydrogens is 433 g/mol. The molecule has 10 heteroatoms. The largest absolute Gasteiger partial charge is 0.490 e. The Labute approximate surface area is 191 Å². The Balaban J connectivity index is 2.21. The van der Waals surface area contributed by atoms with Crippen LogP contribution in [0.15, 0.2) is 42.5 Å². The lowest BCUT2D eigenvalue weighted by Crippen LogP contribution is -2.53. The van der Waals surface area contributed by atoms with Crippen LogP contribution < -0.4 is 14.8 Å². The van der Waals surface area contributed by atoms with Gasteiger partial charge < -0.3 is 19.7 Å². The highest BCUT2D eigenvalue weighted by atomic mass is 19.1. The van der Waals surface area contributed by atoms with E-state index in [0.717, 1.165) is 0 Å². The van der Waals surface area contributed by atoms with E-state index in [9.17, 15) is 24.1 Å². The number of nitrogens with zero attached hydrogens (tertiary/aromatic N) is 2. The van der Waals surface area contributed by atoms with Gasteiger partial charge in [0.15, 0.2) is 6.61 Å². The molecule has 33 heavy (non-hydrogen) atoms. The van der Waals surface area contributed by atoms with Gasteiger partial charge in [-0.15, -0.1) is 0 Å². The number of carbonyl (C=O) groups is 2. The summed E-state index contributed by atoms with van der Waals surface area (Å²) in [6.07, 6.45) is 0. The first-order chi connectivity index (χ1) is 15.4. The van der Waals surface area contributed by atoms with Gasteiger partial charge in [-0.05, 0) is 51.5 Å². The second-order valence-corrected chi connectivity index (χ2v) is 8.44. The molecule has 178 valence electrons. The van der Waals surface area contributed by atoms with Gasteiger partial charge >= 0.3 is 5.69 Å². The summed E-state index contributed by atoms with van der Waals surface area (Å²) >= 11 is 0. The number of benzene rings is 2. The number of methoxy groups -OCH3 is 1. The van der Waals surface area contributed by atoms with E-state index in [2.05, 4.69) is 5.32 Å². The summed E-state index contributed by atoms with van der Waals surface area (Å²) in [7, 11) is 1.29. The Kier molecular flexibility index (Phi) is 8.33. The fourth-order valence-electron chi connectivity index (χ4n) is 2.97. The van der Waals surface area contributed by atoms with Gasteiger partial charge in [-0.3, -0.25) is 19.7 Å². The van der Waals surface area contributed by atoms with Crippen molar-refractivity contribution in [2.75, 3.05) is 13.7 Å². The number of nitrogens with one attached hydrogen (secondary N) is 1. The van der Waals surface area contributed by atoms with E-state index in [0.29, 0.717) is 5.56 Å². The number of ether oxygens (including phenoxy) is 2. The molecule has 0 fully saturated rings. The highest BCUT2D eigenvalue weighted by Gasteiger charge is 2.29. The molecule has 2 aromatic carbocycles. The molecule has 0 bridgehead atoms. The van der Waals surface area contributed by atoms with Crippen LogP contribution in [0.5, 0.6) is 11.5 Å². The number of halogens is 1. The van der Waals surface area contributed by atoms with Gasteiger partial charge in [0.2, 0.25) is 11.7 Å². The molecule has 2 amide bonds. The number of rotatable bonds is 9. The van der Waals surface area contributed by atoms with Crippen LogP contribution in [0.4, 0.5) is 10.1 Å². The fraction of sp³-hybridized carbons (Fsp3) is 0.391. The van der Waals surface area contributed by atoms with E-state index in [1.54, 1.807) is 6.92 Å². The molecule has 0 aliphatic carbocycles. The van der Waals surface area contributed by atoms with Crippen LogP contribution in [0.2, 0.25) is 0 Å². The van der Waals surface area contributed by atoms with Gasteiger partial charge in [0, 0.05) is 24.2 Å². The molecular formula is C23H28FN3O6. The molecule has 1 atom stereocenters. The van der Waals surface area contributed by atoms with Crippen LogP contribution in [-0.4, -0.2) is 46.9 Å². The van der Waals surface area contributed by atoms with Gasteiger partial charge in [0.25, 0.3) is 5.91 Å². The minimum absolute atomic E-state index is 0.00830. The average Bonchev–Trinajstić information content (AvgIpc) is 2.75. The summed E-state index contributed by atoms with van der Waals surface area (Å²) in [5, 5.41) is 13.9. The highest BCUT2D eigenvalue weighted by molar-refractivity contribution is 5.88. The predicted molar refractivity (Wildman–Crippen MR) is 119 cm³/mol. The molecule has 0 aliphatic heterocycles. The molecule has 0 unspecified atom stereocenters. The Bertz CT molecular complexity index is 1000. The molecule has 1 N–H and O–H groups in total. The summed E-state index contributed by atoms with van der Waals surface area (Å²) in [5.74, 6) is -1.07. The topological polar surface area (TPSA) is 111 Å². The fourth-order valence-corrected chi connectivity index (χ4v) is 2.97. The summed E-state index contributed by atoms with van der Waals surface area (Å²) in [6.45, 7) is 6.72. The second kappa shape index (κ2) is 10.8. The molecule has 2 aromatic rings. The molecule has 0 aliphatic rings. The molecule has 2 rings (SSSR count). The number of amides is 2. The Morgan fingerprint density at radius 1 is 1.18 bits per heavy atom. The van der Waals surface area contributed by atoms with Crippen molar-refractivity contribution in [3.05, 3.63) is 64.0 Å². The quantitative estimate of drug-likeness (QED) is 0.452. The number of nitro benzene ring substituents is 1. The lowest BCUT2D eigenvalue weighted by molar-refractivity contribution is -0.385. The third-order valence-corrected chi connectivity index (χ3v) is 4.64. The van der Waals surface area contributed by atoms with Crippen molar-refractivity contribution >= 4 is 17.5 Å². The molecule has 0 aromatic heterocycles. The monoisotopic (exact) mass is 461 g/mol. The van der Waals surface area contributed by atoms with E-state index < -0.39 is 34.8 Å². The van der Waals surface area contributed by atoms with Crippen molar-refractivity contribution in [3.63, 3.8) is 0 Å². The minimum atomic E-state index is -0.836. The maximum Gasteiger partial charge on any atom is 0.311 e. The lowest BCUT2D eigenvalue weighted by Gasteiger charge is -2.31. The zero-order valence-electron chi connectivity index (χ0n) is 19.3. The molecule has 0 heterocycles. The maximum absolute atomic E-state index is 13.3. The van der Waals surface area contributed by atoms with Gasteiger partial charge in [-0.1, -0.05) is 12.1 Å². The zero-order chi connectivity index (χ0) is 24.8. The van der Waals surface area contributed by atoms with Gasteiger partial charge in [0.1, 0.15) is 17.6 Å². The number of carbonyl (C=O) groups excluding carboxylic acids is 2. The van der Waals surface area contributed by atoms with Crippen molar-refractivity contribution in [1.82, 2.24) is 10.2 Å². The average molecular weight is 461 g/mol. The van der Waals surface area contributed by atoms with E-state index in [1.165, 1.54) is 54.5 Å². The smallest absolute Gasteiger partial charge is 0.311 e. The van der Waals surface area contributed by atoms with Crippen molar-refractivity contribution in [2.24, 2.45) is 0 Å². The van der Waals surface area contributed by atoms with Crippen molar-refractivity contribution in [3.8, 4) is 11.5 Å². The van der Waals surface area contributed by atoms with E-state index in [-0.39, 0.29) is 29.6 Å². The van der Waals surface area contributed by atoms with Crippen molar-refractivity contribution in [2.45, 2.75) is 45.8 Å². The number of hydrogen-bond acceptors (Lipinski definition) is 6.